The Balaban J connectivity index is 1.47. The fourth-order valence-electron chi connectivity index (χ4n) is 4.79. The van der Waals surface area contributed by atoms with Crippen molar-refractivity contribution >= 4 is 46.5 Å². The van der Waals surface area contributed by atoms with Crippen LogP contribution in [0, 0.1) is 0 Å². The summed E-state index contributed by atoms with van der Waals surface area (Å²) in [5.74, 6) is -1.23. The minimum atomic E-state index is -1.17. The lowest BCUT2D eigenvalue weighted by Crippen LogP contribution is -2.60. The quantitative estimate of drug-likeness (QED) is 0.704. The number of hydrogen-bond donors (Lipinski definition) is 2. The van der Waals surface area contributed by atoms with Gasteiger partial charge in [0.2, 0.25) is 11.8 Å². The summed E-state index contributed by atoms with van der Waals surface area (Å²) in [6, 6.07) is 8.30. The predicted molar refractivity (Wildman–Crippen MR) is 116 cm³/mol. The number of nitrogens with zero attached hydrogens (tertiary/aromatic N) is 2. The van der Waals surface area contributed by atoms with Gasteiger partial charge in [0.05, 0.1) is 11.4 Å². The Morgan fingerprint density at radius 1 is 1.16 bits per heavy atom. The summed E-state index contributed by atoms with van der Waals surface area (Å²) in [4.78, 5) is 55.8. The first-order valence-corrected chi connectivity index (χ1v) is 11.1. The molecule has 2 aromatic rings. The van der Waals surface area contributed by atoms with E-state index in [2.05, 4.69) is 10.6 Å². The monoisotopic (exact) mass is 438 g/mol. The molecule has 2 aliphatic heterocycles. The van der Waals surface area contributed by atoms with Gasteiger partial charge in [0.15, 0.2) is 0 Å². The third-order valence-corrected chi connectivity index (χ3v) is 7.37. The Hall–Kier alpha value is -3.20. The molecule has 5 amide bonds. The number of carbonyl (C=O) groups excluding carboxylic acids is 4. The van der Waals surface area contributed by atoms with Crippen molar-refractivity contribution in [3.63, 3.8) is 0 Å². The second-order valence-electron chi connectivity index (χ2n) is 8.60. The Bertz CT molecular complexity index is 1140. The molecule has 1 atom stereocenters. The van der Waals surface area contributed by atoms with Gasteiger partial charge >= 0.3 is 6.03 Å². The van der Waals surface area contributed by atoms with Crippen LogP contribution in [-0.2, 0) is 26.3 Å². The summed E-state index contributed by atoms with van der Waals surface area (Å²) in [6.45, 7) is 2.85. The van der Waals surface area contributed by atoms with Crippen LogP contribution in [0.5, 0.6) is 0 Å². The molecule has 31 heavy (non-hydrogen) atoms. The lowest BCUT2D eigenvalue weighted by molar-refractivity contribution is -0.135. The van der Waals surface area contributed by atoms with Gasteiger partial charge in [0.25, 0.3) is 5.91 Å². The summed E-state index contributed by atoms with van der Waals surface area (Å²) in [6.07, 6.45) is 2.17. The van der Waals surface area contributed by atoms with E-state index >= 15 is 0 Å². The highest BCUT2D eigenvalue weighted by Gasteiger charge is 2.55. The van der Waals surface area contributed by atoms with Gasteiger partial charge in [0.1, 0.15) is 17.6 Å². The number of anilines is 2. The normalized spacial score (nSPS) is 24.0. The zero-order chi connectivity index (χ0) is 22.0. The first kappa shape index (κ1) is 19.7. The van der Waals surface area contributed by atoms with E-state index in [1.54, 1.807) is 49.4 Å². The zero-order valence-electron chi connectivity index (χ0n) is 17.2. The van der Waals surface area contributed by atoms with Crippen LogP contribution in [0.2, 0.25) is 0 Å². The molecule has 1 aliphatic carbocycles. The maximum absolute atomic E-state index is 13.4. The average Bonchev–Trinajstić information content (AvgIpc) is 3.29. The molecule has 1 aromatic carbocycles. The standard InChI is InChI=1S/C22H22N4O4S/c1-21(2)18(28)23-14-6-3-4-7-15(14)26(21)17(27)12-25-19(29)22(24-20(25)30)10-5-8-16-13(22)9-11-31-16/h3-4,6-7,9,11H,5,8,10,12H2,1-2H3,(H,23,28)(H,24,30)/t22-/m0/s1. The van der Waals surface area contributed by atoms with Crippen molar-refractivity contribution in [3.05, 3.63) is 46.2 Å². The number of urea groups is 1. The largest absolute Gasteiger partial charge is 0.325 e. The minimum Gasteiger partial charge on any atom is -0.322 e. The highest BCUT2D eigenvalue weighted by molar-refractivity contribution is 7.10. The van der Waals surface area contributed by atoms with Gasteiger partial charge in [-0.15, -0.1) is 11.3 Å². The SMILES string of the molecule is CC1(C)C(=O)Nc2ccccc2N1C(=O)CN1C(=O)N[C@]2(CCCc3sccc32)C1=O. The van der Waals surface area contributed by atoms with Crippen LogP contribution in [-0.4, -0.2) is 40.7 Å². The molecule has 0 unspecified atom stereocenters. The van der Waals surface area contributed by atoms with Gasteiger partial charge in [-0.3, -0.25) is 24.2 Å². The topological polar surface area (TPSA) is 98.8 Å². The zero-order valence-corrected chi connectivity index (χ0v) is 18.0. The van der Waals surface area contributed by atoms with E-state index in [9.17, 15) is 19.2 Å². The number of imide groups is 1. The van der Waals surface area contributed by atoms with E-state index < -0.39 is 35.5 Å². The molecule has 1 saturated heterocycles. The van der Waals surface area contributed by atoms with Crippen LogP contribution in [0.4, 0.5) is 16.2 Å². The lowest BCUT2D eigenvalue weighted by Gasteiger charge is -2.42. The van der Waals surface area contributed by atoms with Gasteiger partial charge < -0.3 is 10.6 Å². The highest BCUT2D eigenvalue weighted by Crippen LogP contribution is 2.42. The van der Waals surface area contributed by atoms with E-state index in [-0.39, 0.29) is 5.91 Å². The summed E-state index contributed by atoms with van der Waals surface area (Å²) >= 11 is 1.58. The van der Waals surface area contributed by atoms with Crippen molar-refractivity contribution in [2.75, 3.05) is 16.8 Å². The van der Waals surface area contributed by atoms with Crippen LogP contribution in [0.3, 0.4) is 0 Å². The molecule has 8 nitrogen and oxygen atoms in total. The fraction of sp³-hybridized carbons (Fsp3) is 0.364. The van der Waals surface area contributed by atoms with Crippen molar-refractivity contribution in [3.8, 4) is 0 Å². The lowest BCUT2D eigenvalue weighted by atomic mass is 9.80. The highest BCUT2D eigenvalue weighted by atomic mass is 32.1. The number of fused-ring (bicyclic) bond motifs is 3. The van der Waals surface area contributed by atoms with Crippen molar-refractivity contribution < 1.29 is 19.2 Å². The summed E-state index contributed by atoms with van der Waals surface area (Å²) in [5, 5.41) is 7.60. The maximum atomic E-state index is 13.4. The molecule has 0 bridgehead atoms. The number of thiophene rings is 1. The Morgan fingerprint density at radius 3 is 2.74 bits per heavy atom. The summed E-state index contributed by atoms with van der Waals surface area (Å²) in [5.41, 5.74) is -0.383. The molecule has 2 N–H and O–H groups in total. The number of para-hydroxylation sites is 2. The van der Waals surface area contributed by atoms with Crippen LogP contribution in [0.1, 0.15) is 37.1 Å². The number of rotatable bonds is 2. The minimum absolute atomic E-state index is 0.330. The van der Waals surface area contributed by atoms with Crippen LogP contribution < -0.4 is 15.5 Å². The molecule has 3 aliphatic rings. The van der Waals surface area contributed by atoms with Crippen molar-refractivity contribution in [2.45, 2.75) is 44.2 Å². The van der Waals surface area contributed by atoms with Gasteiger partial charge in [-0.25, -0.2) is 4.79 Å². The molecule has 0 radical (unpaired) electrons. The van der Waals surface area contributed by atoms with Crippen LogP contribution in [0.25, 0.3) is 0 Å². The van der Waals surface area contributed by atoms with Gasteiger partial charge in [-0.2, -0.15) is 0 Å². The Labute approximate surface area is 183 Å². The third-order valence-electron chi connectivity index (χ3n) is 6.39. The smallest absolute Gasteiger partial charge is 0.322 e. The van der Waals surface area contributed by atoms with E-state index in [0.717, 1.165) is 28.2 Å². The molecule has 9 heteroatoms. The molecular formula is C22H22N4O4S. The maximum Gasteiger partial charge on any atom is 0.325 e. The number of nitrogens with one attached hydrogen (secondary N) is 2. The average molecular weight is 439 g/mol. The third kappa shape index (κ3) is 2.72. The predicted octanol–water partition coefficient (Wildman–Crippen LogP) is 2.60. The molecule has 1 aromatic heterocycles. The van der Waals surface area contributed by atoms with E-state index in [4.69, 9.17) is 0 Å². The first-order chi connectivity index (χ1) is 14.8. The summed E-state index contributed by atoms with van der Waals surface area (Å²) < 4.78 is 0. The van der Waals surface area contributed by atoms with Gasteiger partial charge in [-0.1, -0.05) is 12.1 Å². The molecule has 5 rings (SSSR count). The van der Waals surface area contributed by atoms with E-state index in [0.29, 0.717) is 17.8 Å². The number of carbonyl (C=O) groups is 4. The summed E-state index contributed by atoms with van der Waals surface area (Å²) in [7, 11) is 0. The van der Waals surface area contributed by atoms with Crippen molar-refractivity contribution in [1.82, 2.24) is 10.2 Å². The second kappa shape index (κ2) is 6.65. The molecule has 0 saturated carbocycles. The Kier molecular flexibility index (Phi) is 4.23. The van der Waals surface area contributed by atoms with Crippen molar-refractivity contribution in [1.29, 1.82) is 0 Å². The molecule has 160 valence electrons. The van der Waals surface area contributed by atoms with Crippen molar-refractivity contribution in [2.24, 2.45) is 0 Å². The van der Waals surface area contributed by atoms with E-state index in [1.807, 2.05) is 11.4 Å². The second-order valence-corrected chi connectivity index (χ2v) is 9.60. The molecule has 1 fully saturated rings. The van der Waals surface area contributed by atoms with Crippen LogP contribution >= 0.6 is 11.3 Å². The van der Waals surface area contributed by atoms with E-state index in [1.165, 1.54) is 4.90 Å². The Morgan fingerprint density at radius 2 is 1.94 bits per heavy atom. The molecule has 1 spiro atoms. The fourth-order valence-corrected chi connectivity index (χ4v) is 5.79. The molecular weight excluding hydrogens is 416 g/mol. The van der Waals surface area contributed by atoms with Crippen LogP contribution in [0.15, 0.2) is 35.7 Å². The number of hydrogen-bond acceptors (Lipinski definition) is 5. The number of amides is 5. The number of aryl methyl sites for hydroxylation is 1. The van der Waals surface area contributed by atoms with Gasteiger partial charge in [0, 0.05) is 10.4 Å². The van der Waals surface area contributed by atoms with Gasteiger partial charge in [-0.05, 0) is 56.7 Å². The molecule has 3 heterocycles. The first-order valence-electron chi connectivity index (χ1n) is 10.2. The number of benzene rings is 1.